The maximum atomic E-state index is 12.8. The summed E-state index contributed by atoms with van der Waals surface area (Å²) in [6.07, 6.45) is -0.106. The van der Waals surface area contributed by atoms with Crippen LogP contribution in [0.4, 0.5) is 13.2 Å². The van der Waals surface area contributed by atoms with E-state index in [1.165, 1.54) is 0 Å². The summed E-state index contributed by atoms with van der Waals surface area (Å²) in [4.78, 5) is 17.4. The number of amides is 1. The van der Waals surface area contributed by atoms with Gasteiger partial charge >= 0.3 is 6.18 Å². The summed E-state index contributed by atoms with van der Waals surface area (Å²) in [5, 5.41) is 0. The topological polar surface area (TPSA) is 56.6 Å². The maximum absolute atomic E-state index is 12.8. The second-order valence-electron chi connectivity index (χ2n) is 7.02. The van der Waals surface area contributed by atoms with E-state index in [-0.39, 0.29) is 24.5 Å². The number of hydrogen-bond acceptors (Lipinski definition) is 4. The highest BCUT2D eigenvalue weighted by Gasteiger charge is 2.36. The average Bonchev–Trinajstić information content (AvgIpc) is 3.22. The molecular weight excluding hydrogens is 351 g/mol. The Hall–Kier alpha value is -1.61. The maximum Gasteiger partial charge on any atom is 0.434 e. The van der Waals surface area contributed by atoms with Crippen molar-refractivity contribution in [3.8, 4) is 0 Å². The number of fused-ring (bicyclic) bond motifs is 1. The van der Waals surface area contributed by atoms with Gasteiger partial charge in [-0.1, -0.05) is 0 Å². The van der Waals surface area contributed by atoms with Gasteiger partial charge < -0.3 is 18.9 Å². The third kappa shape index (κ3) is 4.76. The van der Waals surface area contributed by atoms with Crippen molar-refractivity contribution in [1.82, 2.24) is 14.5 Å². The minimum atomic E-state index is -4.42. The first-order chi connectivity index (χ1) is 12.3. The van der Waals surface area contributed by atoms with Gasteiger partial charge in [-0.2, -0.15) is 13.2 Å². The van der Waals surface area contributed by atoms with Gasteiger partial charge in [0, 0.05) is 39.4 Å². The molecule has 1 amide bonds. The molecule has 26 heavy (non-hydrogen) atoms. The fourth-order valence-electron chi connectivity index (χ4n) is 3.45. The lowest BCUT2D eigenvalue weighted by Gasteiger charge is -2.28. The van der Waals surface area contributed by atoms with Gasteiger partial charge in [-0.15, -0.1) is 0 Å². The fraction of sp³-hybridized carbons (Fsp3) is 0.765. The number of aryl methyl sites for hydroxylation is 1. The Labute approximate surface area is 150 Å². The molecule has 146 valence electrons. The Kier molecular flexibility index (Phi) is 5.86. The summed E-state index contributed by atoms with van der Waals surface area (Å²) >= 11 is 0. The predicted octanol–water partition coefficient (Wildman–Crippen LogP) is 2.12. The minimum Gasteiger partial charge on any atom is -0.376 e. The third-order valence-electron chi connectivity index (χ3n) is 4.89. The number of carbonyl (C=O) groups excluding carboxylic acids is 1. The molecule has 1 aromatic rings. The van der Waals surface area contributed by atoms with E-state index in [1.807, 2.05) is 0 Å². The van der Waals surface area contributed by atoms with E-state index in [9.17, 15) is 18.0 Å². The van der Waals surface area contributed by atoms with Gasteiger partial charge in [-0.25, -0.2) is 4.98 Å². The van der Waals surface area contributed by atoms with Crippen LogP contribution in [0.1, 0.15) is 30.8 Å². The van der Waals surface area contributed by atoms with E-state index < -0.39 is 11.9 Å². The number of halogens is 3. The molecule has 0 saturated carbocycles. The molecule has 2 aliphatic heterocycles. The molecule has 0 spiro atoms. The van der Waals surface area contributed by atoms with Gasteiger partial charge in [0.25, 0.3) is 0 Å². The van der Waals surface area contributed by atoms with Gasteiger partial charge in [0.15, 0.2) is 5.69 Å². The molecule has 3 heterocycles. The molecule has 2 atom stereocenters. The lowest BCUT2D eigenvalue weighted by Crippen LogP contribution is -2.37. The summed E-state index contributed by atoms with van der Waals surface area (Å²) in [5.74, 6) is 0.433. The number of hydrogen-bond donors (Lipinski definition) is 0. The van der Waals surface area contributed by atoms with E-state index in [2.05, 4.69) is 4.98 Å². The third-order valence-corrected chi connectivity index (χ3v) is 4.89. The largest absolute Gasteiger partial charge is 0.434 e. The molecule has 2 aliphatic rings. The fourth-order valence-corrected chi connectivity index (χ4v) is 3.45. The molecule has 0 aliphatic carbocycles. The van der Waals surface area contributed by atoms with Crippen molar-refractivity contribution in [3.05, 3.63) is 17.7 Å². The lowest BCUT2D eigenvalue weighted by molar-refractivity contribution is -0.141. The average molecular weight is 375 g/mol. The van der Waals surface area contributed by atoms with Crippen molar-refractivity contribution in [2.75, 3.05) is 33.4 Å². The molecule has 6 nitrogen and oxygen atoms in total. The molecule has 9 heteroatoms. The first-order valence-corrected chi connectivity index (χ1v) is 8.89. The zero-order valence-electron chi connectivity index (χ0n) is 14.8. The predicted molar refractivity (Wildman–Crippen MR) is 86.5 cm³/mol. The van der Waals surface area contributed by atoms with Crippen molar-refractivity contribution in [1.29, 1.82) is 0 Å². The molecule has 3 rings (SSSR count). The van der Waals surface area contributed by atoms with Crippen LogP contribution in [0.5, 0.6) is 0 Å². The highest BCUT2D eigenvalue weighted by molar-refractivity contribution is 5.77. The Bertz CT molecular complexity index is 627. The monoisotopic (exact) mass is 375 g/mol. The molecular formula is C17H24F3N3O3. The van der Waals surface area contributed by atoms with Crippen LogP contribution in [0.3, 0.4) is 0 Å². The number of ether oxygens (including phenoxy) is 2. The van der Waals surface area contributed by atoms with Crippen LogP contribution < -0.4 is 0 Å². The Morgan fingerprint density at radius 2 is 2.27 bits per heavy atom. The summed E-state index contributed by atoms with van der Waals surface area (Å²) in [5.41, 5.74) is -0.847. The number of carbonyl (C=O) groups is 1. The van der Waals surface area contributed by atoms with Crippen molar-refractivity contribution in [2.24, 2.45) is 5.92 Å². The van der Waals surface area contributed by atoms with Crippen LogP contribution in [0.15, 0.2) is 6.20 Å². The van der Waals surface area contributed by atoms with E-state index in [0.29, 0.717) is 38.4 Å². The molecule has 0 radical (unpaired) electrons. The van der Waals surface area contributed by atoms with E-state index >= 15 is 0 Å². The van der Waals surface area contributed by atoms with Crippen LogP contribution in [0, 0.1) is 5.92 Å². The molecule has 1 saturated heterocycles. The smallest absolute Gasteiger partial charge is 0.376 e. The van der Waals surface area contributed by atoms with Gasteiger partial charge in [0.05, 0.1) is 12.7 Å². The molecule has 0 N–H and O–H groups in total. The molecule has 1 fully saturated rings. The Balaban J connectivity index is 1.45. The number of rotatable bonds is 6. The highest BCUT2D eigenvalue weighted by atomic mass is 19.4. The number of aromatic nitrogens is 2. The van der Waals surface area contributed by atoms with Crippen molar-refractivity contribution >= 4 is 5.91 Å². The quantitative estimate of drug-likeness (QED) is 0.764. The Morgan fingerprint density at radius 3 is 2.96 bits per heavy atom. The minimum absolute atomic E-state index is 0.00235. The summed E-state index contributed by atoms with van der Waals surface area (Å²) in [7, 11) is 1.70. The first kappa shape index (κ1) is 19.2. The van der Waals surface area contributed by atoms with Gasteiger partial charge in [0.2, 0.25) is 5.91 Å². The summed E-state index contributed by atoms with van der Waals surface area (Å²) < 4.78 is 50.7. The van der Waals surface area contributed by atoms with Crippen LogP contribution in [0.2, 0.25) is 0 Å². The van der Waals surface area contributed by atoms with Crippen molar-refractivity contribution < 1.29 is 27.4 Å². The molecule has 0 unspecified atom stereocenters. The van der Waals surface area contributed by atoms with Crippen molar-refractivity contribution in [2.45, 2.75) is 44.5 Å². The summed E-state index contributed by atoms with van der Waals surface area (Å²) in [6, 6.07) is 0. The SMILES string of the molecule is CN(C[C@@H]1CCc2nc(C(F)(F)F)cn2C1)C(=O)COC[C@@H]1CCCO1. The van der Waals surface area contributed by atoms with Crippen molar-refractivity contribution in [3.63, 3.8) is 0 Å². The number of imidazole rings is 1. The summed E-state index contributed by atoms with van der Waals surface area (Å²) in [6.45, 7) is 2.09. The van der Waals surface area contributed by atoms with Crippen LogP contribution in [-0.2, 0) is 33.4 Å². The van der Waals surface area contributed by atoms with E-state index in [4.69, 9.17) is 9.47 Å². The number of nitrogens with zero attached hydrogens (tertiary/aromatic N) is 3. The van der Waals surface area contributed by atoms with Crippen LogP contribution in [-0.4, -0.2) is 59.9 Å². The zero-order valence-corrected chi connectivity index (χ0v) is 14.8. The van der Waals surface area contributed by atoms with E-state index in [1.54, 1.807) is 16.5 Å². The highest BCUT2D eigenvalue weighted by Crippen LogP contribution is 2.30. The van der Waals surface area contributed by atoms with Crippen LogP contribution >= 0.6 is 0 Å². The second-order valence-corrected chi connectivity index (χ2v) is 7.02. The van der Waals surface area contributed by atoms with Gasteiger partial charge in [-0.3, -0.25) is 4.79 Å². The van der Waals surface area contributed by atoms with Gasteiger partial charge in [-0.05, 0) is 25.2 Å². The molecule has 1 aromatic heterocycles. The second kappa shape index (κ2) is 7.96. The van der Waals surface area contributed by atoms with E-state index in [0.717, 1.165) is 25.6 Å². The first-order valence-electron chi connectivity index (χ1n) is 8.89. The molecule has 0 bridgehead atoms. The molecule has 0 aromatic carbocycles. The van der Waals surface area contributed by atoms with Gasteiger partial charge in [0.1, 0.15) is 12.4 Å². The Morgan fingerprint density at radius 1 is 1.46 bits per heavy atom. The number of likely N-dealkylation sites (N-methyl/N-ethyl adjacent to an activating group) is 1. The lowest BCUT2D eigenvalue weighted by atomic mass is 9.99. The normalized spacial score (nSPS) is 23.1. The zero-order chi connectivity index (χ0) is 18.7. The number of alkyl halides is 3. The standard InChI is InChI=1S/C17H24F3N3O3/c1-22(16(24)11-25-10-13-3-2-6-26-13)7-12-4-5-15-21-14(17(18,19)20)9-23(15)8-12/h9,12-13H,2-8,10-11H2,1H3/t12-,13-/m0/s1. The van der Waals surface area contributed by atoms with Crippen LogP contribution in [0.25, 0.3) is 0 Å².